The van der Waals surface area contributed by atoms with E-state index in [1.54, 1.807) is 11.9 Å². The minimum absolute atomic E-state index is 0.116. The average molecular weight is 320 g/mol. The third kappa shape index (κ3) is 4.86. The number of rotatable bonds is 6. The van der Waals surface area contributed by atoms with E-state index in [0.717, 1.165) is 36.1 Å². The van der Waals surface area contributed by atoms with Crippen molar-refractivity contribution in [1.29, 1.82) is 0 Å². The van der Waals surface area contributed by atoms with Gasteiger partial charge in [0.1, 0.15) is 12.4 Å². The molecule has 1 fully saturated rings. The van der Waals surface area contributed by atoms with E-state index in [1.807, 2.05) is 32.0 Å². The number of hydrogen-bond donors (Lipinski definition) is 2. The minimum atomic E-state index is -0.266. The lowest BCUT2D eigenvalue weighted by molar-refractivity contribution is 0.113. The zero-order chi connectivity index (χ0) is 16.8. The first-order valence-electron chi connectivity index (χ1n) is 8.35. The summed E-state index contributed by atoms with van der Waals surface area (Å²) in [5.41, 5.74) is 2.20. The first-order valence-corrected chi connectivity index (χ1v) is 8.35. The SMILES string of the molecule is Cc1cccc(C)c1OCCNC(=O)N(C)CC1CCCC1O. The van der Waals surface area contributed by atoms with Crippen LogP contribution in [0.1, 0.15) is 30.4 Å². The van der Waals surface area contributed by atoms with Crippen LogP contribution < -0.4 is 10.1 Å². The fourth-order valence-electron chi connectivity index (χ4n) is 3.14. The van der Waals surface area contributed by atoms with Crippen molar-refractivity contribution in [1.82, 2.24) is 10.2 Å². The van der Waals surface area contributed by atoms with Crippen molar-refractivity contribution >= 4 is 6.03 Å². The number of para-hydroxylation sites is 1. The molecule has 1 aromatic rings. The third-order valence-corrected chi connectivity index (χ3v) is 4.51. The highest BCUT2D eigenvalue weighted by Gasteiger charge is 2.27. The molecule has 0 aromatic heterocycles. The Kier molecular flexibility index (Phi) is 6.28. The summed E-state index contributed by atoms with van der Waals surface area (Å²) < 4.78 is 5.77. The molecular formula is C18H28N2O3. The van der Waals surface area contributed by atoms with Crippen molar-refractivity contribution in [3.63, 3.8) is 0 Å². The van der Waals surface area contributed by atoms with Crippen molar-refractivity contribution < 1.29 is 14.6 Å². The highest BCUT2D eigenvalue weighted by molar-refractivity contribution is 5.73. The largest absolute Gasteiger partial charge is 0.491 e. The molecule has 128 valence electrons. The second-order valence-electron chi connectivity index (χ2n) is 6.44. The van der Waals surface area contributed by atoms with E-state index in [2.05, 4.69) is 5.32 Å². The Morgan fingerprint density at radius 3 is 2.65 bits per heavy atom. The number of aliphatic hydroxyl groups is 1. The number of benzene rings is 1. The Balaban J connectivity index is 1.70. The van der Waals surface area contributed by atoms with Gasteiger partial charge in [-0.1, -0.05) is 24.6 Å². The molecule has 2 amide bonds. The number of nitrogens with zero attached hydrogens (tertiary/aromatic N) is 1. The summed E-state index contributed by atoms with van der Waals surface area (Å²) in [6.45, 7) is 5.54. The average Bonchev–Trinajstić information content (AvgIpc) is 2.91. The summed E-state index contributed by atoms with van der Waals surface area (Å²) in [4.78, 5) is 13.7. The third-order valence-electron chi connectivity index (χ3n) is 4.51. The van der Waals surface area contributed by atoms with Crippen LogP contribution in [0.3, 0.4) is 0 Å². The van der Waals surface area contributed by atoms with Crippen LogP contribution in [0, 0.1) is 19.8 Å². The van der Waals surface area contributed by atoms with Crippen LogP contribution in [-0.4, -0.2) is 48.9 Å². The maximum absolute atomic E-state index is 12.1. The maximum Gasteiger partial charge on any atom is 0.317 e. The lowest BCUT2D eigenvalue weighted by Gasteiger charge is -2.23. The van der Waals surface area contributed by atoms with Crippen LogP contribution >= 0.6 is 0 Å². The van der Waals surface area contributed by atoms with Crippen molar-refractivity contribution in [2.75, 3.05) is 26.7 Å². The fourth-order valence-corrected chi connectivity index (χ4v) is 3.14. The van der Waals surface area contributed by atoms with Crippen LogP contribution in [0.4, 0.5) is 4.79 Å². The number of amides is 2. The van der Waals surface area contributed by atoms with Gasteiger partial charge in [-0.3, -0.25) is 0 Å². The summed E-state index contributed by atoms with van der Waals surface area (Å²) in [5.74, 6) is 1.10. The molecule has 0 saturated heterocycles. The van der Waals surface area contributed by atoms with Gasteiger partial charge in [-0.25, -0.2) is 4.79 Å². The molecule has 0 heterocycles. The van der Waals surface area contributed by atoms with Gasteiger partial charge in [-0.15, -0.1) is 0 Å². The minimum Gasteiger partial charge on any atom is -0.491 e. The number of carbonyl (C=O) groups excluding carboxylic acids is 1. The molecule has 0 aliphatic heterocycles. The molecule has 1 aliphatic carbocycles. The van der Waals surface area contributed by atoms with E-state index in [1.165, 1.54) is 0 Å². The Labute approximate surface area is 138 Å². The van der Waals surface area contributed by atoms with Crippen molar-refractivity contribution in [3.05, 3.63) is 29.3 Å². The quantitative estimate of drug-likeness (QED) is 0.792. The van der Waals surface area contributed by atoms with E-state index in [0.29, 0.717) is 19.7 Å². The maximum atomic E-state index is 12.1. The van der Waals surface area contributed by atoms with Crippen LogP contribution in [0.5, 0.6) is 5.75 Å². The highest BCUT2D eigenvalue weighted by Crippen LogP contribution is 2.26. The molecular weight excluding hydrogens is 292 g/mol. The molecule has 0 radical (unpaired) electrons. The first kappa shape index (κ1) is 17.6. The topological polar surface area (TPSA) is 61.8 Å². The number of aryl methyl sites for hydroxylation is 2. The predicted octanol–water partition coefficient (Wildman–Crippen LogP) is 2.48. The van der Waals surface area contributed by atoms with Gasteiger partial charge >= 0.3 is 6.03 Å². The predicted molar refractivity (Wildman–Crippen MR) is 90.8 cm³/mol. The number of nitrogens with one attached hydrogen (secondary N) is 1. The lowest BCUT2D eigenvalue weighted by Crippen LogP contribution is -2.42. The highest BCUT2D eigenvalue weighted by atomic mass is 16.5. The molecule has 23 heavy (non-hydrogen) atoms. The summed E-state index contributed by atoms with van der Waals surface area (Å²) in [7, 11) is 1.77. The molecule has 2 atom stereocenters. The molecule has 2 rings (SSSR count). The molecule has 2 N–H and O–H groups in total. The molecule has 0 spiro atoms. The summed E-state index contributed by atoms with van der Waals surface area (Å²) in [6.07, 6.45) is 2.63. The van der Waals surface area contributed by atoms with Crippen molar-refractivity contribution in [2.24, 2.45) is 5.92 Å². The van der Waals surface area contributed by atoms with E-state index < -0.39 is 0 Å². The molecule has 5 nitrogen and oxygen atoms in total. The molecule has 1 aliphatic rings. The smallest absolute Gasteiger partial charge is 0.317 e. The number of hydrogen-bond acceptors (Lipinski definition) is 3. The second-order valence-corrected chi connectivity index (χ2v) is 6.44. The van der Waals surface area contributed by atoms with Gasteiger partial charge in [-0.2, -0.15) is 0 Å². The monoisotopic (exact) mass is 320 g/mol. The molecule has 5 heteroatoms. The fraction of sp³-hybridized carbons (Fsp3) is 0.611. The van der Waals surface area contributed by atoms with Crippen LogP contribution in [0.2, 0.25) is 0 Å². The molecule has 1 aromatic carbocycles. The van der Waals surface area contributed by atoms with Crippen molar-refractivity contribution in [2.45, 2.75) is 39.2 Å². The Morgan fingerprint density at radius 1 is 1.35 bits per heavy atom. The summed E-state index contributed by atoms with van der Waals surface area (Å²) in [5, 5.41) is 12.7. The Morgan fingerprint density at radius 2 is 2.04 bits per heavy atom. The van der Waals surface area contributed by atoms with Gasteiger partial charge in [0.05, 0.1) is 12.6 Å². The van der Waals surface area contributed by atoms with E-state index in [9.17, 15) is 9.90 Å². The molecule has 1 saturated carbocycles. The number of ether oxygens (including phenoxy) is 1. The second kappa shape index (κ2) is 8.20. The van der Waals surface area contributed by atoms with Gasteiger partial charge in [0.2, 0.25) is 0 Å². The molecule has 0 bridgehead atoms. The Hall–Kier alpha value is -1.75. The zero-order valence-corrected chi connectivity index (χ0v) is 14.3. The van der Waals surface area contributed by atoms with Gasteiger partial charge in [0, 0.05) is 19.5 Å². The first-order chi connectivity index (χ1) is 11.0. The van der Waals surface area contributed by atoms with E-state index >= 15 is 0 Å². The Bertz CT molecular complexity index is 513. The number of aliphatic hydroxyl groups excluding tert-OH is 1. The van der Waals surface area contributed by atoms with E-state index in [-0.39, 0.29) is 18.1 Å². The van der Waals surface area contributed by atoms with Gasteiger partial charge in [0.15, 0.2) is 0 Å². The standard InChI is InChI=1S/C18H28N2O3/c1-13-6-4-7-14(2)17(13)23-11-10-19-18(22)20(3)12-15-8-5-9-16(15)21/h4,6-7,15-16,21H,5,8-12H2,1-3H3,(H,19,22). The van der Waals surface area contributed by atoms with Gasteiger partial charge in [-0.05, 0) is 37.8 Å². The van der Waals surface area contributed by atoms with Crippen LogP contribution in [0.15, 0.2) is 18.2 Å². The summed E-state index contributed by atoms with van der Waals surface area (Å²) >= 11 is 0. The van der Waals surface area contributed by atoms with Gasteiger partial charge < -0.3 is 20.1 Å². The van der Waals surface area contributed by atoms with Crippen LogP contribution in [-0.2, 0) is 0 Å². The number of carbonyl (C=O) groups is 1. The van der Waals surface area contributed by atoms with Crippen LogP contribution in [0.25, 0.3) is 0 Å². The van der Waals surface area contributed by atoms with E-state index in [4.69, 9.17) is 4.74 Å². The van der Waals surface area contributed by atoms with Gasteiger partial charge in [0.25, 0.3) is 0 Å². The zero-order valence-electron chi connectivity index (χ0n) is 14.3. The molecule has 2 unspecified atom stereocenters. The number of urea groups is 1. The van der Waals surface area contributed by atoms with Crippen molar-refractivity contribution in [3.8, 4) is 5.75 Å². The summed E-state index contributed by atoms with van der Waals surface area (Å²) in [6, 6.07) is 5.92. The lowest BCUT2D eigenvalue weighted by atomic mass is 10.1. The normalized spacial score (nSPS) is 20.3.